The number of carbonyl (C=O) groups excluding carboxylic acids is 3. The molecule has 2 heterocycles. The second-order valence-electron chi connectivity index (χ2n) is 7.90. The van der Waals surface area contributed by atoms with Crippen molar-refractivity contribution in [2.75, 3.05) is 7.11 Å². The molecule has 3 atom stereocenters. The SMILES string of the molecule is COc1cccc([C@H](C)NC(=O)c2ccc3c(c2)CN(C2CCC(=O)NC2=O)C3O)c1. The van der Waals surface area contributed by atoms with Gasteiger partial charge in [0.25, 0.3) is 5.91 Å². The first-order valence-electron chi connectivity index (χ1n) is 10.2. The number of amides is 3. The maximum atomic E-state index is 12.8. The van der Waals surface area contributed by atoms with Crippen LogP contribution in [0.15, 0.2) is 42.5 Å². The second-order valence-corrected chi connectivity index (χ2v) is 7.90. The number of benzene rings is 2. The van der Waals surface area contributed by atoms with Gasteiger partial charge in [-0.1, -0.05) is 18.2 Å². The molecule has 8 heteroatoms. The predicted octanol–water partition coefficient (Wildman–Crippen LogP) is 1.80. The lowest BCUT2D eigenvalue weighted by Crippen LogP contribution is -2.51. The van der Waals surface area contributed by atoms with Crippen LogP contribution in [0.2, 0.25) is 0 Å². The van der Waals surface area contributed by atoms with Crippen molar-refractivity contribution >= 4 is 17.7 Å². The van der Waals surface area contributed by atoms with E-state index in [9.17, 15) is 19.5 Å². The van der Waals surface area contributed by atoms with Crippen molar-refractivity contribution in [3.05, 3.63) is 64.7 Å². The number of fused-ring (bicyclic) bond motifs is 1. The van der Waals surface area contributed by atoms with E-state index in [1.54, 1.807) is 30.2 Å². The summed E-state index contributed by atoms with van der Waals surface area (Å²) in [7, 11) is 1.60. The molecule has 3 N–H and O–H groups in total. The van der Waals surface area contributed by atoms with Crippen LogP contribution in [0.3, 0.4) is 0 Å². The average molecular weight is 423 g/mol. The normalized spacial score (nSPS) is 21.9. The van der Waals surface area contributed by atoms with E-state index in [0.29, 0.717) is 24.1 Å². The van der Waals surface area contributed by atoms with Gasteiger partial charge in [0.05, 0.1) is 19.2 Å². The van der Waals surface area contributed by atoms with Crippen LogP contribution in [0.5, 0.6) is 5.75 Å². The van der Waals surface area contributed by atoms with E-state index in [1.807, 2.05) is 31.2 Å². The topological polar surface area (TPSA) is 108 Å². The third-order valence-electron chi connectivity index (χ3n) is 5.90. The van der Waals surface area contributed by atoms with E-state index < -0.39 is 18.2 Å². The van der Waals surface area contributed by atoms with E-state index >= 15 is 0 Å². The van der Waals surface area contributed by atoms with Gasteiger partial charge in [-0.15, -0.1) is 0 Å². The molecule has 3 amide bonds. The fraction of sp³-hybridized carbons (Fsp3) is 0.348. The smallest absolute Gasteiger partial charge is 0.251 e. The zero-order valence-electron chi connectivity index (χ0n) is 17.4. The molecule has 0 spiro atoms. The lowest BCUT2D eigenvalue weighted by molar-refractivity contribution is -0.141. The van der Waals surface area contributed by atoms with Gasteiger partial charge >= 0.3 is 0 Å². The summed E-state index contributed by atoms with van der Waals surface area (Å²) in [5.74, 6) is -0.199. The zero-order chi connectivity index (χ0) is 22.1. The highest BCUT2D eigenvalue weighted by Crippen LogP contribution is 2.35. The standard InChI is InChI=1S/C23H25N3O5/c1-13(14-4-3-5-17(11-14)31-2)24-21(28)15-6-7-18-16(10-15)12-26(23(18)30)19-8-9-20(27)25-22(19)29/h3-7,10-11,13,19,23,30H,8-9,12H2,1-2H3,(H,24,28)(H,25,27,29)/t13-,19?,23?/m0/s1. The Bertz CT molecular complexity index is 1040. The summed E-state index contributed by atoms with van der Waals surface area (Å²) >= 11 is 0. The quantitative estimate of drug-likeness (QED) is 0.633. The number of hydrogen-bond donors (Lipinski definition) is 3. The van der Waals surface area contributed by atoms with E-state index in [-0.39, 0.29) is 24.3 Å². The molecule has 1 saturated heterocycles. The van der Waals surface area contributed by atoms with E-state index in [1.165, 1.54) is 0 Å². The molecule has 2 aliphatic rings. The number of piperidine rings is 1. The van der Waals surface area contributed by atoms with Crippen LogP contribution in [0, 0.1) is 0 Å². The Labute approximate surface area is 180 Å². The number of imide groups is 1. The monoisotopic (exact) mass is 423 g/mol. The molecule has 4 rings (SSSR count). The van der Waals surface area contributed by atoms with Crippen LogP contribution < -0.4 is 15.4 Å². The van der Waals surface area contributed by atoms with Crippen molar-refractivity contribution in [3.63, 3.8) is 0 Å². The van der Waals surface area contributed by atoms with Gasteiger partial charge in [-0.3, -0.25) is 24.6 Å². The van der Waals surface area contributed by atoms with Gasteiger partial charge in [0.15, 0.2) is 0 Å². The van der Waals surface area contributed by atoms with Gasteiger partial charge in [0.1, 0.15) is 12.0 Å². The Kier molecular flexibility index (Phi) is 5.75. The van der Waals surface area contributed by atoms with Crippen LogP contribution in [0.1, 0.15) is 59.1 Å². The minimum absolute atomic E-state index is 0.221. The van der Waals surface area contributed by atoms with Gasteiger partial charge in [-0.25, -0.2) is 0 Å². The van der Waals surface area contributed by atoms with Gasteiger partial charge < -0.3 is 15.2 Å². The average Bonchev–Trinajstić information content (AvgIpc) is 3.09. The number of nitrogens with one attached hydrogen (secondary N) is 2. The summed E-state index contributed by atoms with van der Waals surface area (Å²) in [6.07, 6.45) is -0.348. The largest absolute Gasteiger partial charge is 0.497 e. The number of ether oxygens (including phenoxy) is 1. The Morgan fingerprint density at radius 3 is 2.81 bits per heavy atom. The lowest BCUT2D eigenvalue weighted by atomic mass is 10.0. The summed E-state index contributed by atoms with van der Waals surface area (Å²) < 4.78 is 5.24. The molecule has 2 aliphatic heterocycles. The molecule has 31 heavy (non-hydrogen) atoms. The van der Waals surface area contributed by atoms with Crippen molar-refractivity contribution in [1.82, 2.24) is 15.5 Å². The van der Waals surface area contributed by atoms with Gasteiger partial charge in [-0.05, 0) is 54.3 Å². The summed E-state index contributed by atoms with van der Waals surface area (Å²) in [4.78, 5) is 38.1. The Hall–Kier alpha value is -3.23. The number of methoxy groups -OCH3 is 1. The number of rotatable bonds is 5. The molecule has 2 aromatic rings. The molecule has 0 aliphatic carbocycles. The number of nitrogens with zero attached hydrogens (tertiary/aromatic N) is 1. The molecule has 8 nitrogen and oxygen atoms in total. The summed E-state index contributed by atoms with van der Waals surface area (Å²) in [5.41, 5.74) is 2.86. The third-order valence-corrected chi connectivity index (χ3v) is 5.90. The van der Waals surface area contributed by atoms with Crippen molar-refractivity contribution in [2.24, 2.45) is 0 Å². The molecule has 0 saturated carbocycles. The maximum Gasteiger partial charge on any atom is 0.251 e. The van der Waals surface area contributed by atoms with Crippen LogP contribution in [0.4, 0.5) is 0 Å². The molecular weight excluding hydrogens is 398 g/mol. The highest BCUT2D eigenvalue weighted by molar-refractivity contribution is 6.00. The van der Waals surface area contributed by atoms with Crippen molar-refractivity contribution in [2.45, 2.75) is 44.6 Å². The third kappa shape index (κ3) is 4.17. The van der Waals surface area contributed by atoms with Crippen molar-refractivity contribution in [3.8, 4) is 5.75 Å². The number of carbonyl (C=O) groups is 3. The van der Waals surface area contributed by atoms with E-state index in [4.69, 9.17) is 4.74 Å². The second kappa shape index (κ2) is 8.49. The molecular formula is C23H25N3O5. The van der Waals surface area contributed by atoms with Gasteiger partial charge in [0, 0.05) is 18.5 Å². The Morgan fingerprint density at radius 2 is 2.06 bits per heavy atom. The fourth-order valence-electron chi connectivity index (χ4n) is 4.15. The van der Waals surface area contributed by atoms with Gasteiger partial charge in [0.2, 0.25) is 11.8 Å². The fourth-order valence-corrected chi connectivity index (χ4v) is 4.15. The number of aliphatic hydroxyl groups excluding tert-OH is 1. The zero-order valence-corrected chi connectivity index (χ0v) is 17.4. The lowest BCUT2D eigenvalue weighted by Gasteiger charge is -2.31. The minimum atomic E-state index is -0.952. The highest BCUT2D eigenvalue weighted by atomic mass is 16.5. The summed E-state index contributed by atoms with van der Waals surface area (Å²) in [6.45, 7) is 2.23. The Morgan fingerprint density at radius 1 is 1.26 bits per heavy atom. The van der Waals surface area contributed by atoms with Crippen LogP contribution in [-0.4, -0.2) is 40.9 Å². The first kappa shape index (κ1) is 21.0. The summed E-state index contributed by atoms with van der Waals surface area (Å²) in [5, 5.41) is 16.0. The molecule has 0 radical (unpaired) electrons. The van der Waals surface area contributed by atoms with Gasteiger partial charge in [-0.2, -0.15) is 0 Å². The minimum Gasteiger partial charge on any atom is -0.497 e. The van der Waals surface area contributed by atoms with Crippen molar-refractivity contribution < 1.29 is 24.2 Å². The number of hydrogen-bond acceptors (Lipinski definition) is 6. The van der Waals surface area contributed by atoms with Crippen LogP contribution in [-0.2, 0) is 16.1 Å². The molecule has 0 bridgehead atoms. The van der Waals surface area contributed by atoms with Crippen LogP contribution in [0.25, 0.3) is 0 Å². The predicted molar refractivity (Wildman–Crippen MR) is 112 cm³/mol. The summed E-state index contributed by atoms with van der Waals surface area (Å²) in [6, 6.07) is 11.9. The van der Waals surface area contributed by atoms with E-state index in [2.05, 4.69) is 10.6 Å². The maximum absolute atomic E-state index is 12.8. The van der Waals surface area contributed by atoms with Crippen LogP contribution >= 0.6 is 0 Å². The van der Waals surface area contributed by atoms with Crippen molar-refractivity contribution in [1.29, 1.82) is 0 Å². The highest BCUT2D eigenvalue weighted by Gasteiger charge is 2.39. The molecule has 0 aromatic heterocycles. The first-order chi connectivity index (χ1) is 14.9. The molecule has 2 aromatic carbocycles. The Balaban J connectivity index is 1.47. The molecule has 1 fully saturated rings. The first-order valence-corrected chi connectivity index (χ1v) is 10.2. The number of aliphatic hydroxyl groups is 1. The van der Waals surface area contributed by atoms with E-state index in [0.717, 1.165) is 16.9 Å². The molecule has 162 valence electrons. The molecule has 2 unspecified atom stereocenters.